The van der Waals surface area contributed by atoms with Crippen molar-refractivity contribution in [2.75, 3.05) is 26.3 Å². The normalized spacial score (nSPS) is 31.2. The molecule has 0 radical (unpaired) electrons. The maximum absolute atomic E-state index is 9.29. The molecule has 2 atom stereocenters. The summed E-state index contributed by atoms with van der Waals surface area (Å²) in [6, 6.07) is 0.0894. The second kappa shape index (κ2) is 4.77. The molecule has 0 amide bonds. The number of β-amino-alcohol motifs (C(OH)–C–C–N with tert-alkyl or cyclic N) is 1. The molecule has 1 aliphatic rings. The lowest BCUT2D eigenvalue weighted by molar-refractivity contribution is 0.145. The van der Waals surface area contributed by atoms with Crippen LogP contribution in [0.1, 0.15) is 12.8 Å². The van der Waals surface area contributed by atoms with Gasteiger partial charge in [0, 0.05) is 25.7 Å². The van der Waals surface area contributed by atoms with E-state index in [1.807, 2.05) is 4.90 Å². The van der Waals surface area contributed by atoms with E-state index in [1.54, 1.807) is 0 Å². The first-order chi connectivity index (χ1) is 5.77. The molecule has 4 heteroatoms. The number of nitrogens with zero attached hydrogens (tertiary/aromatic N) is 1. The van der Waals surface area contributed by atoms with Crippen molar-refractivity contribution in [3.63, 3.8) is 0 Å². The lowest BCUT2D eigenvalue weighted by Gasteiger charge is -2.21. The third kappa shape index (κ3) is 2.42. The van der Waals surface area contributed by atoms with Crippen molar-refractivity contribution in [3.05, 3.63) is 0 Å². The maximum Gasteiger partial charge on any atom is 0.0683 e. The molecule has 12 heavy (non-hydrogen) atoms. The lowest BCUT2D eigenvalue weighted by atomic mass is 10.2. The van der Waals surface area contributed by atoms with Crippen LogP contribution in [0, 0.1) is 0 Å². The average molecular weight is 175 g/mol. The van der Waals surface area contributed by atoms with Crippen LogP contribution in [-0.2, 0) is 0 Å². The van der Waals surface area contributed by atoms with Crippen LogP contribution in [0.4, 0.5) is 0 Å². The van der Waals surface area contributed by atoms with E-state index in [-0.39, 0.29) is 25.4 Å². The van der Waals surface area contributed by atoms with Gasteiger partial charge in [-0.25, -0.2) is 0 Å². The Hall–Kier alpha value is -0.160. The van der Waals surface area contributed by atoms with Gasteiger partial charge in [0.1, 0.15) is 0 Å². The minimum atomic E-state index is -0.305. The fourth-order valence-electron chi connectivity index (χ4n) is 1.70. The smallest absolute Gasteiger partial charge is 0.0683 e. The SMILES string of the molecule is OCCCN1C[C@H](O)C[C@H]1CO. The molecular formula is C8H17NO3. The topological polar surface area (TPSA) is 63.9 Å². The molecule has 0 aromatic heterocycles. The Bertz CT molecular complexity index is 131. The summed E-state index contributed by atoms with van der Waals surface area (Å²) >= 11 is 0. The van der Waals surface area contributed by atoms with E-state index < -0.39 is 0 Å². The van der Waals surface area contributed by atoms with E-state index in [0.717, 1.165) is 6.54 Å². The van der Waals surface area contributed by atoms with Gasteiger partial charge in [0.15, 0.2) is 0 Å². The molecule has 0 aromatic rings. The first-order valence-electron chi connectivity index (χ1n) is 4.41. The van der Waals surface area contributed by atoms with Gasteiger partial charge >= 0.3 is 0 Å². The highest BCUT2D eigenvalue weighted by Crippen LogP contribution is 2.17. The standard InChI is InChI=1S/C8H17NO3/c10-3-1-2-9-5-8(12)4-7(9)6-11/h7-8,10-12H,1-6H2/t7-,8+/m0/s1. The molecule has 4 nitrogen and oxygen atoms in total. The van der Waals surface area contributed by atoms with E-state index in [0.29, 0.717) is 19.4 Å². The molecular weight excluding hydrogens is 158 g/mol. The Labute approximate surface area is 72.4 Å². The number of likely N-dealkylation sites (tertiary alicyclic amines) is 1. The molecule has 1 fully saturated rings. The van der Waals surface area contributed by atoms with Gasteiger partial charge in [-0.05, 0) is 12.8 Å². The third-order valence-electron chi connectivity index (χ3n) is 2.32. The zero-order chi connectivity index (χ0) is 8.97. The molecule has 1 rings (SSSR count). The molecule has 0 aromatic carbocycles. The molecule has 0 saturated carbocycles. The summed E-state index contributed by atoms with van der Waals surface area (Å²) in [5.41, 5.74) is 0. The first-order valence-corrected chi connectivity index (χ1v) is 4.41. The summed E-state index contributed by atoms with van der Waals surface area (Å²) in [5, 5.41) is 26.8. The van der Waals surface area contributed by atoms with Gasteiger partial charge in [-0.1, -0.05) is 0 Å². The highest BCUT2D eigenvalue weighted by molar-refractivity contribution is 4.84. The average Bonchev–Trinajstić information content (AvgIpc) is 2.42. The molecule has 1 aliphatic heterocycles. The van der Waals surface area contributed by atoms with E-state index in [9.17, 15) is 5.11 Å². The number of aliphatic hydroxyl groups excluding tert-OH is 3. The molecule has 3 N–H and O–H groups in total. The predicted octanol–water partition coefficient (Wildman–Crippen LogP) is -1.20. The Morgan fingerprint density at radius 2 is 2.08 bits per heavy atom. The summed E-state index contributed by atoms with van der Waals surface area (Å²) in [4.78, 5) is 2.03. The molecule has 72 valence electrons. The Kier molecular flexibility index (Phi) is 3.94. The highest BCUT2D eigenvalue weighted by atomic mass is 16.3. The van der Waals surface area contributed by atoms with Crippen molar-refractivity contribution < 1.29 is 15.3 Å². The summed E-state index contributed by atoms with van der Waals surface area (Å²) in [5.74, 6) is 0. The quantitative estimate of drug-likeness (QED) is 0.502. The minimum Gasteiger partial charge on any atom is -0.396 e. The molecule has 1 heterocycles. The Morgan fingerprint density at radius 3 is 2.67 bits per heavy atom. The summed E-state index contributed by atoms with van der Waals surface area (Å²) in [7, 11) is 0. The van der Waals surface area contributed by atoms with Crippen LogP contribution in [0.25, 0.3) is 0 Å². The Morgan fingerprint density at radius 1 is 1.33 bits per heavy atom. The van der Waals surface area contributed by atoms with Crippen LogP contribution in [0.2, 0.25) is 0 Å². The van der Waals surface area contributed by atoms with Crippen molar-refractivity contribution >= 4 is 0 Å². The van der Waals surface area contributed by atoms with E-state index >= 15 is 0 Å². The number of aliphatic hydroxyl groups is 3. The second-order valence-electron chi connectivity index (χ2n) is 3.30. The van der Waals surface area contributed by atoms with E-state index in [1.165, 1.54) is 0 Å². The number of hydrogen-bond donors (Lipinski definition) is 3. The van der Waals surface area contributed by atoms with Crippen LogP contribution in [0.15, 0.2) is 0 Å². The summed E-state index contributed by atoms with van der Waals surface area (Å²) in [6.07, 6.45) is 1.06. The van der Waals surface area contributed by atoms with Crippen molar-refractivity contribution in [1.82, 2.24) is 4.90 Å². The molecule has 0 spiro atoms. The van der Waals surface area contributed by atoms with Crippen LogP contribution < -0.4 is 0 Å². The molecule has 0 aliphatic carbocycles. The van der Waals surface area contributed by atoms with Crippen molar-refractivity contribution in [3.8, 4) is 0 Å². The monoisotopic (exact) mass is 175 g/mol. The van der Waals surface area contributed by atoms with Crippen LogP contribution >= 0.6 is 0 Å². The largest absolute Gasteiger partial charge is 0.396 e. The summed E-state index contributed by atoms with van der Waals surface area (Å²) in [6.45, 7) is 1.66. The van der Waals surface area contributed by atoms with Gasteiger partial charge in [-0.3, -0.25) is 4.90 Å². The van der Waals surface area contributed by atoms with Gasteiger partial charge in [-0.15, -0.1) is 0 Å². The van der Waals surface area contributed by atoms with Gasteiger partial charge < -0.3 is 15.3 Å². The highest BCUT2D eigenvalue weighted by Gasteiger charge is 2.29. The van der Waals surface area contributed by atoms with Crippen LogP contribution in [0.5, 0.6) is 0 Å². The molecule has 1 saturated heterocycles. The van der Waals surface area contributed by atoms with Crippen LogP contribution in [-0.4, -0.2) is 58.7 Å². The second-order valence-corrected chi connectivity index (χ2v) is 3.30. The number of hydrogen-bond acceptors (Lipinski definition) is 4. The first kappa shape index (κ1) is 9.92. The molecule has 0 bridgehead atoms. The van der Waals surface area contributed by atoms with Gasteiger partial charge in [0.2, 0.25) is 0 Å². The van der Waals surface area contributed by atoms with Crippen molar-refractivity contribution in [2.45, 2.75) is 25.0 Å². The van der Waals surface area contributed by atoms with E-state index in [4.69, 9.17) is 10.2 Å². The fourth-order valence-corrected chi connectivity index (χ4v) is 1.70. The van der Waals surface area contributed by atoms with Crippen LogP contribution in [0.3, 0.4) is 0 Å². The zero-order valence-corrected chi connectivity index (χ0v) is 7.19. The fraction of sp³-hybridized carbons (Fsp3) is 1.00. The minimum absolute atomic E-state index is 0.0894. The van der Waals surface area contributed by atoms with Gasteiger partial charge in [-0.2, -0.15) is 0 Å². The van der Waals surface area contributed by atoms with Gasteiger partial charge in [0.05, 0.1) is 12.7 Å². The van der Waals surface area contributed by atoms with Crippen molar-refractivity contribution in [1.29, 1.82) is 0 Å². The predicted molar refractivity (Wildman–Crippen MR) is 44.8 cm³/mol. The summed E-state index contributed by atoms with van der Waals surface area (Å²) < 4.78 is 0. The number of rotatable bonds is 4. The van der Waals surface area contributed by atoms with E-state index in [2.05, 4.69) is 0 Å². The molecule has 0 unspecified atom stereocenters. The third-order valence-corrected chi connectivity index (χ3v) is 2.32. The maximum atomic E-state index is 9.29. The Balaban J connectivity index is 2.30. The van der Waals surface area contributed by atoms with Gasteiger partial charge in [0.25, 0.3) is 0 Å². The van der Waals surface area contributed by atoms with Crippen molar-refractivity contribution in [2.24, 2.45) is 0 Å². The lowest BCUT2D eigenvalue weighted by Crippen LogP contribution is -2.33. The zero-order valence-electron chi connectivity index (χ0n) is 7.19.